The molecular weight excluding hydrogens is 309 g/mol. The van der Waals surface area contributed by atoms with E-state index in [0.717, 1.165) is 38.5 Å². The lowest BCUT2D eigenvalue weighted by Crippen LogP contribution is -2.44. The highest BCUT2D eigenvalue weighted by Crippen LogP contribution is 2.19. The van der Waals surface area contributed by atoms with Crippen LogP contribution in [-0.4, -0.2) is 40.0 Å². The molecule has 5 nitrogen and oxygen atoms in total. The van der Waals surface area contributed by atoms with Gasteiger partial charge in [-0.05, 0) is 42.7 Å². The van der Waals surface area contributed by atoms with Crippen molar-refractivity contribution in [2.24, 2.45) is 0 Å². The first-order chi connectivity index (χ1) is 11.6. The van der Waals surface area contributed by atoms with Crippen molar-refractivity contribution in [2.45, 2.75) is 25.4 Å². The first kappa shape index (κ1) is 16.4. The number of nitrogens with one attached hydrogen (secondary N) is 1. The number of hydrogen-bond donors (Lipinski definition) is 2. The summed E-state index contributed by atoms with van der Waals surface area (Å²) in [6.45, 7) is 2.66. The van der Waals surface area contributed by atoms with E-state index in [1.165, 1.54) is 17.7 Å². The van der Waals surface area contributed by atoms with Crippen molar-refractivity contribution in [3.8, 4) is 5.75 Å². The van der Waals surface area contributed by atoms with E-state index in [4.69, 9.17) is 0 Å². The number of halogens is 1. The number of amides is 1. The van der Waals surface area contributed by atoms with Gasteiger partial charge in [-0.1, -0.05) is 0 Å². The van der Waals surface area contributed by atoms with Crippen LogP contribution < -0.4 is 5.32 Å². The Balaban J connectivity index is 1.51. The predicted octanol–water partition coefficient (Wildman–Crippen LogP) is 2.32. The fourth-order valence-electron chi connectivity index (χ4n) is 2.94. The Morgan fingerprint density at radius 2 is 1.96 bits per heavy atom. The van der Waals surface area contributed by atoms with E-state index in [0.29, 0.717) is 0 Å². The Labute approximate surface area is 140 Å². The van der Waals surface area contributed by atoms with E-state index < -0.39 is 5.82 Å². The number of phenolic OH excluding ortho intramolecular Hbond substituents is 1. The lowest BCUT2D eigenvalue weighted by Gasteiger charge is -2.32. The Kier molecular flexibility index (Phi) is 5.05. The molecule has 6 heteroatoms. The van der Waals surface area contributed by atoms with Gasteiger partial charge in [-0.15, -0.1) is 0 Å². The molecule has 0 atom stereocenters. The maximum atomic E-state index is 13.0. The van der Waals surface area contributed by atoms with E-state index >= 15 is 0 Å². The first-order valence-corrected chi connectivity index (χ1v) is 8.02. The normalized spacial score (nSPS) is 16.0. The molecule has 0 bridgehead atoms. The summed E-state index contributed by atoms with van der Waals surface area (Å²) >= 11 is 0. The molecule has 0 saturated carbocycles. The van der Waals surface area contributed by atoms with Crippen LogP contribution in [0.1, 0.15) is 28.8 Å². The topological polar surface area (TPSA) is 65.5 Å². The second-order valence-electron chi connectivity index (χ2n) is 6.04. The standard InChI is InChI=1S/C18H20FN3O2/c19-14-1-2-16(17(23)11-14)18(24)21-15-5-9-22(10-6-15)12-13-3-7-20-8-4-13/h1-4,7-8,11,15,23H,5-6,9-10,12H2,(H,21,24). The van der Waals surface area contributed by atoms with Crippen molar-refractivity contribution in [3.63, 3.8) is 0 Å². The number of benzene rings is 1. The van der Waals surface area contributed by atoms with Gasteiger partial charge in [-0.2, -0.15) is 0 Å². The summed E-state index contributed by atoms with van der Waals surface area (Å²) in [5.74, 6) is -1.25. The van der Waals surface area contributed by atoms with Gasteiger partial charge < -0.3 is 10.4 Å². The molecule has 1 aromatic heterocycles. The van der Waals surface area contributed by atoms with Crippen LogP contribution in [0.4, 0.5) is 4.39 Å². The molecule has 1 aromatic carbocycles. The summed E-state index contributed by atoms with van der Waals surface area (Å²) in [5.41, 5.74) is 1.33. The monoisotopic (exact) mass is 329 g/mol. The van der Waals surface area contributed by atoms with Crippen LogP contribution in [0, 0.1) is 5.82 Å². The van der Waals surface area contributed by atoms with Crippen LogP contribution in [0.15, 0.2) is 42.7 Å². The highest BCUT2D eigenvalue weighted by molar-refractivity contribution is 5.96. The summed E-state index contributed by atoms with van der Waals surface area (Å²) in [6, 6.07) is 7.50. The fraction of sp³-hybridized carbons (Fsp3) is 0.333. The van der Waals surface area contributed by atoms with Gasteiger partial charge in [0.1, 0.15) is 11.6 Å². The van der Waals surface area contributed by atoms with Gasteiger partial charge in [0, 0.05) is 44.1 Å². The first-order valence-electron chi connectivity index (χ1n) is 8.02. The zero-order valence-corrected chi connectivity index (χ0v) is 13.3. The molecule has 2 aromatic rings. The highest BCUT2D eigenvalue weighted by atomic mass is 19.1. The van der Waals surface area contributed by atoms with Crippen LogP contribution in [0.5, 0.6) is 5.75 Å². The van der Waals surface area contributed by atoms with Gasteiger partial charge in [-0.25, -0.2) is 4.39 Å². The average molecular weight is 329 g/mol. The molecule has 0 unspecified atom stereocenters. The number of piperidine rings is 1. The van der Waals surface area contributed by atoms with E-state index in [-0.39, 0.29) is 23.3 Å². The van der Waals surface area contributed by atoms with Gasteiger partial charge in [-0.3, -0.25) is 14.7 Å². The van der Waals surface area contributed by atoms with Gasteiger partial charge >= 0.3 is 0 Å². The van der Waals surface area contributed by atoms with E-state index in [1.807, 2.05) is 12.1 Å². The van der Waals surface area contributed by atoms with Gasteiger partial charge in [0.2, 0.25) is 0 Å². The molecular formula is C18H20FN3O2. The Morgan fingerprint density at radius 1 is 1.25 bits per heavy atom. The number of hydrogen-bond acceptors (Lipinski definition) is 4. The van der Waals surface area contributed by atoms with Crippen molar-refractivity contribution < 1.29 is 14.3 Å². The quantitative estimate of drug-likeness (QED) is 0.903. The number of likely N-dealkylation sites (tertiary alicyclic amines) is 1. The minimum absolute atomic E-state index is 0.0654. The summed E-state index contributed by atoms with van der Waals surface area (Å²) in [4.78, 5) is 18.6. The average Bonchev–Trinajstić information content (AvgIpc) is 2.57. The summed E-state index contributed by atoms with van der Waals surface area (Å²) < 4.78 is 13.0. The number of aromatic nitrogens is 1. The van der Waals surface area contributed by atoms with Crippen molar-refractivity contribution >= 4 is 5.91 Å². The van der Waals surface area contributed by atoms with E-state index in [2.05, 4.69) is 15.2 Å². The molecule has 0 spiro atoms. The van der Waals surface area contributed by atoms with Gasteiger partial charge in [0.15, 0.2) is 0 Å². The Morgan fingerprint density at radius 3 is 2.62 bits per heavy atom. The largest absolute Gasteiger partial charge is 0.507 e. The second-order valence-corrected chi connectivity index (χ2v) is 6.04. The van der Waals surface area contributed by atoms with E-state index in [9.17, 15) is 14.3 Å². The lowest BCUT2D eigenvalue weighted by atomic mass is 10.0. The number of pyridine rings is 1. The van der Waals surface area contributed by atoms with Crippen molar-refractivity contribution in [2.75, 3.05) is 13.1 Å². The Bertz CT molecular complexity index is 701. The van der Waals surface area contributed by atoms with Gasteiger partial charge in [0.05, 0.1) is 5.56 Å². The minimum atomic E-state index is -0.562. The number of carbonyl (C=O) groups excluding carboxylic acids is 1. The van der Waals surface area contributed by atoms with Crippen LogP contribution in [0.25, 0.3) is 0 Å². The lowest BCUT2D eigenvalue weighted by molar-refractivity contribution is 0.0906. The maximum Gasteiger partial charge on any atom is 0.255 e. The smallest absolute Gasteiger partial charge is 0.255 e. The predicted molar refractivity (Wildman–Crippen MR) is 88.1 cm³/mol. The molecule has 1 fully saturated rings. The summed E-state index contributed by atoms with van der Waals surface area (Å²) in [7, 11) is 0. The zero-order valence-electron chi connectivity index (χ0n) is 13.3. The third kappa shape index (κ3) is 4.08. The molecule has 126 valence electrons. The third-order valence-corrected chi connectivity index (χ3v) is 4.28. The highest BCUT2D eigenvalue weighted by Gasteiger charge is 2.22. The van der Waals surface area contributed by atoms with Crippen LogP contribution >= 0.6 is 0 Å². The van der Waals surface area contributed by atoms with Crippen LogP contribution in [0.2, 0.25) is 0 Å². The number of carbonyl (C=O) groups is 1. The second kappa shape index (κ2) is 7.40. The molecule has 0 aliphatic carbocycles. The molecule has 3 rings (SSSR count). The van der Waals surface area contributed by atoms with Gasteiger partial charge in [0.25, 0.3) is 5.91 Å². The molecule has 1 aliphatic heterocycles. The molecule has 1 saturated heterocycles. The SMILES string of the molecule is O=C(NC1CCN(Cc2ccncc2)CC1)c1ccc(F)cc1O. The number of aromatic hydroxyl groups is 1. The minimum Gasteiger partial charge on any atom is -0.507 e. The third-order valence-electron chi connectivity index (χ3n) is 4.28. The molecule has 2 heterocycles. The van der Waals surface area contributed by atoms with Crippen molar-refractivity contribution in [1.82, 2.24) is 15.2 Å². The zero-order chi connectivity index (χ0) is 16.9. The molecule has 0 radical (unpaired) electrons. The summed E-state index contributed by atoms with van der Waals surface area (Å²) in [5, 5.41) is 12.6. The van der Waals surface area contributed by atoms with Crippen molar-refractivity contribution in [1.29, 1.82) is 0 Å². The van der Waals surface area contributed by atoms with Crippen LogP contribution in [-0.2, 0) is 6.54 Å². The van der Waals surface area contributed by atoms with Crippen LogP contribution in [0.3, 0.4) is 0 Å². The number of nitrogens with zero attached hydrogens (tertiary/aromatic N) is 2. The number of rotatable bonds is 4. The Hall–Kier alpha value is -2.47. The molecule has 1 amide bonds. The molecule has 1 aliphatic rings. The maximum absolute atomic E-state index is 13.0. The molecule has 2 N–H and O–H groups in total. The number of phenols is 1. The summed E-state index contributed by atoms with van der Waals surface area (Å²) in [6.07, 6.45) is 5.27. The fourth-order valence-corrected chi connectivity index (χ4v) is 2.94. The molecule has 24 heavy (non-hydrogen) atoms. The van der Waals surface area contributed by atoms with Crippen molar-refractivity contribution in [3.05, 3.63) is 59.7 Å². The van der Waals surface area contributed by atoms with E-state index in [1.54, 1.807) is 12.4 Å².